The normalized spacial score (nSPS) is 10.6. The molecule has 1 aromatic heterocycles. The van der Waals surface area contributed by atoms with Crippen molar-refractivity contribution in [2.24, 2.45) is 5.73 Å². The van der Waals surface area contributed by atoms with Gasteiger partial charge in [-0.1, -0.05) is 29.3 Å². The minimum absolute atomic E-state index is 0.148. The molecule has 0 aliphatic rings. The number of amides is 2. The molecule has 3 rings (SSSR count). The molecule has 0 aliphatic carbocycles. The highest BCUT2D eigenvalue weighted by Gasteiger charge is 2.17. The van der Waals surface area contributed by atoms with Crippen LogP contribution in [0.4, 0.5) is 5.69 Å². The van der Waals surface area contributed by atoms with Gasteiger partial charge in [-0.3, -0.25) is 9.59 Å². The zero-order valence-electron chi connectivity index (χ0n) is 13.5. The molecule has 2 aromatic carbocycles. The number of carbonyl (C=O) groups excluding carboxylic acids is 2. The van der Waals surface area contributed by atoms with E-state index in [1.807, 2.05) is 0 Å². The Kier molecular flexibility index (Phi) is 4.92. The van der Waals surface area contributed by atoms with Gasteiger partial charge in [-0.2, -0.15) is 9.90 Å². The van der Waals surface area contributed by atoms with E-state index in [1.165, 1.54) is 23.0 Å². The summed E-state index contributed by atoms with van der Waals surface area (Å²) in [5, 5.41) is 11.8. The Morgan fingerprint density at radius 2 is 1.88 bits per heavy atom. The van der Waals surface area contributed by atoms with Crippen molar-refractivity contribution >= 4 is 40.7 Å². The van der Waals surface area contributed by atoms with E-state index in [0.717, 1.165) is 0 Å². The molecule has 2 amide bonds. The summed E-state index contributed by atoms with van der Waals surface area (Å²) >= 11 is 12.0. The number of halogens is 2. The van der Waals surface area contributed by atoms with Crippen molar-refractivity contribution in [1.29, 1.82) is 0 Å². The molecule has 132 valence electrons. The fourth-order valence-electron chi connectivity index (χ4n) is 2.29. The number of primary amides is 1. The molecule has 0 unspecified atom stereocenters. The maximum Gasteiger partial charge on any atom is 0.278 e. The van der Waals surface area contributed by atoms with Gasteiger partial charge in [0, 0.05) is 10.7 Å². The molecule has 0 atom stereocenters. The van der Waals surface area contributed by atoms with E-state index in [2.05, 4.69) is 15.5 Å². The Labute approximate surface area is 158 Å². The van der Waals surface area contributed by atoms with Gasteiger partial charge in [0.25, 0.3) is 5.91 Å². The van der Waals surface area contributed by atoms with Gasteiger partial charge in [0.1, 0.15) is 0 Å². The van der Waals surface area contributed by atoms with E-state index >= 15 is 0 Å². The average Bonchev–Trinajstić information content (AvgIpc) is 2.96. The van der Waals surface area contributed by atoms with Crippen LogP contribution < -0.4 is 11.1 Å². The lowest BCUT2D eigenvalue weighted by atomic mass is 10.2. The van der Waals surface area contributed by atoms with Crippen LogP contribution in [0.2, 0.25) is 10.0 Å². The van der Waals surface area contributed by atoms with Crippen molar-refractivity contribution in [2.45, 2.75) is 6.92 Å². The topological polar surface area (TPSA) is 103 Å². The highest BCUT2D eigenvalue weighted by Crippen LogP contribution is 2.21. The number of anilines is 1. The number of nitrogens with two attached hydrogens (primary N) is 1. The zero-order chi connectivity index (χ0) is 18.8. The summed E-state index contributed by atoms with van der Waals surface area (Å²) in [5.74, 6) is -1.10. The highest BCUT2D eigenvalue weighted by atomic mass is 35.5. The first kappa shape index (κ1) is 17.9. The molecule has 3 aromatic rings. The Morgan fingerprint density at radius 3 is 2.54 bits per heavy atom. The first-order valence-electron chi connectivity index (χ1n) is 7.46. The number of hydrogen-bond donors (Lipinski definition) is 2. The molecule has 0 aliphatic heterocycles. The summed E-state index contributed by atoms with van der Waals surface area (Å²) in [4.78, 5) is 25.0. The van der Waals surface area contributed by atoms with Crippen molar-refractivity contribution in [1.82, 2.24) is 15.0 Å². The lowest BCUT2D eigenvalue weighted by Gasteiger charge is -2.06. The first-order valence-corrected chi connectivity index (χ1v) is 8.21. The third-order valence-corrected chi connectivity index (χ3v) is 4.08. The van der Waals surface area contributed by atoms with E-state index in [1.54, 1.807) is 31.2 Å². The highest BCUT2D eigenvalue weighted by molar-refractivity contribution is 6.34. The number of nitrogens with one attached hydrogen (secondary N) is 1. The van der Waals surface area contributed by atoms with Crippen LogP contribution >= 0.6 is 23.2 Å². The minimum atomic E-state index is -0.645. The molecule has 0 fully saturated rings. The second kappa shape index (κ2) is 7.15. The Morgan fingerprint density at radius 1 is 1.12 bits per heavy atom. The molecule has 1 heterocycles. The number of nitrogens with zero attached hydrogens (tertiary/aromatic N) is 3. The summed E-state index contributed by atoms with van der Waals surface area (Å²) in [7, 11) is 0. The van der Waals surface area contributed by atoms with Crippen molar-refractivity contribution < 1.29 is 9.59 Å². The van der Waals surface area contributed by atoms with Crippen molar-refractivity contribution in [2.75, 3.05) is 5.32 Å². The van der Waals surface area contributed by atoms with Crippen LogP contribution in [0.25, 0.3) is 5.69 Å². The lowest BCUT2D eigenvalue weighted by molar-refractivity contribution is 0.0997. The van der Waals surface area contributed by atoms with Crippen LogP contribution in [-0.4, -0.2) is 26.8 Å². The number of carbonyl (C=O) groups is 2. The summed E-state index contributed by atoms with van der Waals surface area (Å²) in [6, 6.07) is 11.4. The summed E-state index contributed by atoms with van der Waals surface area (Å²) in [6.45, 7) is 1.67. The first-order chi connectivity index (χ1) is 12.3. The largest absolute Gasteiger partial charge is 0.366 e. The molecule has 9 heteroatoms. The molecule has 7 nitrogen and oxygen atoms in total. The lowest BCUT2D eigenvalue weighted by Crippen LogP contribution is -2.15. The minimum Gasteiger partial charge on any atom is -0.366 e. The maximum atomic E-state index is 12.5. The Balaban J connectivity index is 1.85. The number of aromatic nitrogens is 3. The summed E-state index contributed by atoms with van der Waals surface area (Å²) in [5.41, 5.74) is 7.01. The third-order valence-electron chi connectivity index (χ3n) is 3.53. The molecule has 0 spiro atoms. The van der Waals surface area contributed by atoms with Crippen LogP contribution in [0.1, 0.15) is 26.5 Å². The van der Waals surface area contributed by atoms with Gasteiger partial charge in [0.2, 0.25) is 5.91 Å². The summed E-state index contributed by atoms with van der Waals surface area (Å²) < 4.78 is 0. The van der Waals surface area contributed by atoms with E-state index in [4.69, 9.17) is 28.9 Å². The number of aryl methyl sites for hydroxylation is 1. The van der Waals surface area contributed by atoms with Crippen LogP contribution in [0, 0.1) is 6.92 Å². The smallest absolute Gasteiger partial charge is 0.278 e. The molecule has 3 N–H and O–H groups in total. The monoisotopic (exact) mass is 389 g/mol. The SMILES string of the molecule is Cc1nn(-c2cccc(Cl)c2)nc1C(=O)Nc1ccc(C(N)=O)c(Cl)c1. The van der Waals surface area contributed by atoms with Gasteiger partial charge in [0.15, 0.2) is 5.69 Å². The van der Waals surface area contributed by atoms with E-state index in [0.29, 0.717) is 22.1 Å². The van der Waals surface area contributed by atoms with Crippen molar-refractivity contribution in [3.63, 3.8) is 0 Å². The molecule has 0 saturated carbocycles. The van der Waals surface area contributed by atoms with E-state index < -0.39 is 11.8 Å². The van der Waals surface area contributed by atoms with E-state index in [9.17, 15) is 9.59 Å². The molecule has 26 heavy (non-hydrogen) atoms. The number of benzene rings is 2. The predicted molar refractivity (Wildman–Crippen MR) is 99.0 cm³/mol. The van der Waals surface area contributed by atoms with Crippen molar-refractivity contribution in [3.05, 3.63) is 69.5 Å². The van der Waals surface area contributed by atoms with Gasteiger partial charge in [-0.25, -0.2) is 0 Å². The standard InChI is InChI=1S/C17H13Cl2N5O2/c1-9-15(23-24(22-9)12-4-2-3-10(18)7-12)17(26)21-11-5-6-13(16(20)25)14(19)8-11/h2-8H,1H3,(H2,20,25)(H,21,26). The second-order valence-corrected chi connectivity index (χ2v) is 6.26. The average molecular weight is 390 g/mol. The van der Waals surface area contributed by atoms with Crippen LogP contribution in [0.15, 0.2) is 42.5 Å². The molecule has 0 bridgehead atoms. The van der Waals surface area contributed by atoms with Gasteiger partial charge in [-0.05, 0) is 43.3 Å². The van der Waals surface area contributed by atoms with Crippen LogP contribution in [0.3, 0.4) is 0 Å². The summed E-state index contributed by atoms with van der Waals surface area (Å²) in [6.07, 6.45) is 0. The van der Waals surface area contributed by atoms with E-state index in [-0.39, 0.29) is 16.3 Å². The molecule has 0 saturated heterocycles. The third kappa shape index (κ3) is 3.68. The van der Waals surface area contributed by atoms with Gasteiger partial charge < -0.3 is 11.1 Å². The second-order valence-electron chi connectivity index (χ2n) is 5.42. The zero-order valence-corrected chi connectivity index (χ0v) is 15.0. The number of hydrogen-bond acceptors (Lipinski definition) is 4. The molecular weight excluding hydrogens is 377 g/mol. The quantitative estimate of drug-likeness (QED) is 0.714. The van der Waals surface area contributed by atoms with Crippen LogP contribution in [0.5, 0.6) is 0 Å². The number of rotatable bonds is 4. The molecular formula is C17H13Cl2N5O2. The molecule has 0 radical (unpaired) electrons. The van der Waals surface area contributed by atoms with Crippen molar-refractivity contribution in [3.8, 4) is 5.69 Å². The van der Waals surface area contributed by atoms with Gasteiger partial charge in [-0.15, -0.1) is 5.10 Å². The Hall–Kier alpha value is -2.90. The maximum absolute atomic E-state index is 12.5. The predicted octanol–water partition coefficient (Wildman–Crippen LogP) is 3.23. The fourth-order valence-corrected chi connectivity index (χ4v) is 2.75. The fraction of sp³-hybridized carbons (Fsp3) is 0.0588. The Bertz CT molecular complexity index is 1020. The van der Waals surface area contributed by atoms with Gasteiger partial charge in [0.05, 0.1) is 22.0 Å². The van der Waals surface area contributed by atoms with Gasteiger partial charge >= 0.3 is 0 Å². The van der Waals surface area contributed by atoms with Crippen LogP contribution in [-0.2, 0) is 0 Å².